The van der Waals surface area contributed by atoms with Crippen molar-refractivity contribution < 1.29 is 9.90 Å². The minimum absolute atomic E-state index is 0.000775. The van der Waals surface area contributed by atoms with E-state index < -0.39 is 6.10 Å². The first-order valence-electron chi connectivity index (χ1n) is 11.1. The van der Waals surface area contributed by atoms with Crippen molar-refractivity contribution in [3.63, 3.8) is 0 Å². The van der Waals surface area contributed by atoms with Crippen LogP contribution in [0.5, 0.6) is 0 Å². The molecule has 3 aromatic rings. The van der Waals surface area contributed by atoms with Gasteiger partial charge in [0.1, 0.15) is 0 Å². The average Bonchev–Trinajstić information content (AvgIpc) is 2.81. The maximum atomic E-state index is 14.0. The molecule has 158 valence electrons. The minimum Gasteiger partial charge on any atom is -0.393 e. The number of aliphatic hydroxyl groups is 1. The molecule has 0 aromatic heterocycles. The molecule has 0 saturated heterocycles. The predicted octanol–water partition coefficient (Wildman–Crippen LogP) is 6.24. The lowest BCUT2D eigenvalue weighted by Crippen LogP contribution is -2.43. The Hall–Kier alpha value is -2.97. The van der Waals surface area contributed by atoms with Crippen LogP contribution < -0.4 is 0 Å². The number of aliphatic hydroxyl groups excluding tert-OH is 1. The Balaban J connectivity index is 1.80. The summed E-state index contributed by atoms with van der Waals surface area (Å²) >= 11 is 0. The van der Waals surface area contributed by atoms with Crippen molar-refractivity contribution in [2.24, 2.45) is 11.8 Å². The highest BCUT2D eigenvalue weighted by Gasteiger charge is 2.46. The van der Waals surface area contributed by atoms with E-state index in [4.69, 9.17) is 0 Å². The van der Waals surface area contributed by atoms with E-state index in [1.165, 1.54) is 0 Å². The lowest BCUT2D eigenvalue weighted by atomic mass is 9.60. The van der Waals surface area contributed by atoms with Crippen LogP contribution in [0, 0.1) is 11.8 Å². The molecule has 2 nitrogen and oxygen atoms in total. The van der Waals surface area contributed by atoms with Gasteiger partial charge in [0.15, 0.2) is 5.78 Å². The molecule has 1 aliphatic rings. The van der Waals surface area contributed by atoms with Gasteiger partial charge in [-0.3, -0.25) is 4.79 Å². The quantitative estimate of drug-likeness (QED) is 0.505. The number of benzene rings is 3. The molecule has 0 amide bonds. The molecule has 0 radical (unpaired) electrons. The van der Waals surface area contributed by atoms with E-state index >= 15 is 0 Å². The van der Waals surface area contributed by atoms with Crippen molar-refractivity contribution in [1.29, 1.82) is 0 Å². The number of ketones is 1. The third kappa shape index (κ3) is 4.55. The Morgan fingerprint density at radius 2 is 1.35 bits per heavy atom. The SMILES string of the molecule is C/C(=C/c1ccccc1)C(=O)[C@@H]1[C@H](c2ccccc2)[C@@H](C)[C@H](O)C[C@@H]1c1ccccc1. The zero-order valence-electron chi connectivity index (χ0n) is 18.2. The first-order valence-corrected chi connectivity index (χ1v) is 11.1. The van der Waals surface area contributed by atoms with Gasteiger partial charge in [-0.1, -0.05) is 97.9 Å². The van der Waals surface area contributed by atoms with Gasteiger partial charge in [-0.25, -0.2) is 0 Å². The summed E-state index contributed by atoms with van der Waals surface area (Å²) in [5.74, 6) is -0.111. The van der Waals surface area contributed by atoms with Crippen molar-refractivity contribution in [2.45, 2.75) is 38.2 Å². The normalized spacial score (nSPS) is 26.4. The molecule has 1 N–H and O–H groups in total. The van der Waals surface area contributed by atoms with Crippen LogP contribution >= 0.6 is 0 Å². The molecule has 0 bridgehead atoms. The molecule has 4 rings (SSSR count). The summed E-state index contributed by atoms with van der Waals surface area (Å²) in [6.45, 7) is 4.01. The largest absolute Gasteiger partial charge is 0.393 e. The molecule has 0 spiro atoms. The van der Waals surface area contributed by atoms with Gasteiger partial charge in [-0.05, 0) is 59.4 Å². The smallest absolute Gasteiger partial charge is 0.162 e. The highest BCUT2D eigenvalue weighted by Crippen LogP contribution is 2.50. The molecule has 2 heteroatoms. The Morgan fingerprint density at radius 3 is 1.94 bits per heavy atom. The van der Waals surface area contributed by atoms with E-state index in [0.29, 0.717) is 6.42 Å². The molecule has 0 heterocycles. The van der Waals surface area contributed by atoms with Crippen molar-refractivity contribution in [3.8, 4) is 0 Å². The van der Waals surface area contributed by atoms with Gasteiger partial charge >= 0.3 is 0 Å². The van der Waals surface area contributed by atoms with Crippen molar-refractivity contribution in [2.75, 3.05) is 0 Å². The van der Waals surface area contributed by atoms with E-state index in [-0.39, 0.29) is 29.5 Å². The minimum atomic E-state index is -0.446. The standard InChI is InChI=1S/C29H30O2/c1-20(18-22-12-6-3-7-13-22)29(31)28-25(23-14-8-4-9-15-23)19-26(30)21(2)27(28)24-16-10-5-11-17-24/h3-18,21,25-28,30H,19H2,1-2H3/b20-18-/t21-,25+,26+,27-,28-/m0/s1. The van der Waals surface area contributed by atoms with Crippen LogP contribution in [0.25, 0.3) is 6.08 Å². The van der Waals surface area contributed by atoms with Crippen molar-refractivity contribution in [3.05, 3.63) is 113 Å². The zero-order valence-corrected chi connectivity index (χ0v) is 18.2. The third-order valence-electron chi connectivity index (χ3n) is 6.78. The topological polar surface area (TPSA) is 37.3 Å². The van der Waals surface area contributed by atoms with E-state index in [2.05, 4.69) is 31.2 Å². The van der Waals surface area contributed by atoms with Crippen LogP contribution in [-0.2, 0) is 4.79 Å². The molecule has 1 fully saturated rings. The molecule has 3 aromatic carbocycles. The molecule has 0 unspecified atom stereocenters. The number of hydrogen-bond acceptors (Lipinski definition) is 2. The maximum absolute atomic E-state index is 14.0. The summed E-state index contributed by atoms with van der Waals surface area (Å²) in [6.07, 6.45) is 2.14. The number of hydrogen-bond donors (Lipinski definition) is 1. The predicted molar refractivity (Wildman–Crippen MR) is 127 cm³/mol. The molecule has 5 atom stereocenters. The van der Waals surface area contributed by atoms with E-state index in [1.54, 1.807) is 0 Å². The van der Waals surface area contributed by atoms with Crippen LogP contribution in [0.4, 0.5) is 0 Å². The summed E-state index contributed by atoms with van der Waals surface area (Å²) in [5, 5.41) is 11.0. The van der Waals surface area contributed by atoms with Gasteiger partial charge in [0.05, 0.1) is 6.10 Å². The van der Waals surface area contributed by atoms with Gasteiger partial charge in [0.2, 0.25) is 0 Å². The molecular weight excluding hydrogens is 380 g/mol. The van der Waals surface area contributed by atoms with E-state index in [9.17, 15) is 9.90 Å². The Labute approximate surface area is 185 Å². The third-order valence-corrected chi connectivity index (χ3v) is 6.78. The second kappa shape index (κ2) is 9.45. The summed E-state index contributed by atoms with van der Waals surface area (Å²) in [5.41, 5.74) is 4.05. The fourth-order valence-corrected chi connectivity index (χ4v) is 5.15. The fourth-order valence-electron chi connectivity index (χ4n) is 5.15. The average molecular weight is 411 g/mol. The summed E-state index contributed by atoms with van der Waals surface area (Å²) in [6, 6.07) is 30.4. The van der Waals surface area contributed by atoms with E-state index in [1.807, 2.05) is 79.7 Å². The second-order valence-corrected chi connectivity index (χ2v) is 8.74. The Bertz CT molecular complexity index is 1020. The first-order chi connectivity index (χ1) is 15.1. The molecule has 1 aliphatic carbocycles. The fraction of sp³-hybridized carbons (Fsp3) is 0.276. The highest BCUT2D eigenvalue weighted by molar-refractivity contribution is 6.01. The molecule has 1 saturated carbocycles. The Morgan fingerprint density at radius 1 is 0.839 bits per heavy atom. The van der Waals surface area contributed by atoms with Gasteiger partial charge in [-0.2, -0.15) is 0 Å². The zero-order chi connectivity index (χ0) is 21.8. The van der Waals surface area contributed by atoms with Gasteiger partial charge in [-0.15, -0.1) is 0 Å². The van der Waals surface area contributed by atoms with Gasteiger partial charge in [0, 0.05) is 5.92 Å². The van der Waals surface area contributed by atoms with E-state index in [0.717, 1.165) is 22.3 Å². The van der Waals surface area contributed by atoms with Crippen LogP contribution in [0.1, 0.15) is 48.8 Å². The summed E-state index contributed by atoms with van der Waals surface area (Å²) < 4.78 is 0. The molecule has 31 heavy (non-hydrogen) atoms. The van der Waals surface area contributed by atoms with Crippen LogP contribution in [-0.4, -0.2) is 17.0 Å². The maximum Gasteiger partial charge on any atom is 0.162 e. The van der Waals surface area contributed by atoms with Crippen LogP contribution in [0.15, 0.2) is 96.6 Å². The summed E-state index contributed by atoms with van der Waals surface area (Å²) in [7, 11) is 0. The molecular formula is C29H30O2. The van der Waals surface area contributed by atoms with Gasteiger partial charge in [0.25, 0.3) is 0 Å². The van der Waals surface area contributed by atoms with Crippen molar-refractivity contribution >= 4 is 11.9 Å². The second-order valence-electron chi connectivity index (χ2n) is 8.74. The summed E-state index contributed by atoms with van der Waals surface area (Å²) in [4.78, 5) is 14.0. The monoisotopic (exact) mass is 410 g/mol. The lowest BCUT2D eigenvalue weighted by molar-refractivity contribution is -0.123. The van der Waals surface area contributed by atoms with Crippen molar-refractivity contribution in [1.82, 2.24) is 0 Å². The highest BCUT2D eigenvalue weighted by atomic mass is 16.3. The number of allylic oxidation sites excluding steroid dienone is 1. The molecule has 0 aliphatic heterocycles. The van der Waals surface area contributed by atoms with Crippen LogP contribution in [0.2, 0.25) is 0 Å². The number of rotatable bonds is 5. The lowest BCUT2D eigenvalue weighted by Gasteiger charge is -2.44. The number of carbonyl (C=O) groups excluding carboxylic acids is 1. The number of Topliss-reactive ketones (excluding diaryl/α,β-unsaturated/α-hetero) is 1. The Kier molecular flexibility index (Phi) is 6.48. The first kappa shape index (κ1) is 21.3. The number of carbonyl (C=O) groups is 1. The van der Waals surface area contributed by atoms with Crippen LogP contribution in [0.3, 0.4) is 0 Å². The van der Waals surface area contributed by atoms with Gasteiger partial charge < -0.3 is 5.11 Å².